The lowest BCUT2D eigenvalue weighted by Crippen LogP contribution is -2.51. The molecular formula is C55H58F4N8O6. The van der Waals surface area contributed by atoms with Crippen LogP contribution in [0.25, 0.3) is 44.3 Å². The zero-order valence-electron chi connectivity index (χ0n) is 41.7. The molecule has 4 bridgehead atoms. The summed E-state index contributed by atoms with van der Waals surface area (Å²) in [5.74, 6) is -0.897. The largest absolute Gasteiger partial charge is 0.453 e. The van der Waals surface area contributed by atoms with E-state index < -0.39 is 60.3 Å². The van der Waals surface area contributed by atoms with Crippen LogP contribution in [0.3, 0.4) is 0 Å². The summed E-state index contributed by atoms with van der Waals surface area (Å²) in [5.41, 5.74) is 10.9. The van der Waals surface area contributed by atoms with Crippen LogP contribution in [-0.4, -0.2) is 93.1 Å². The highest BCUT2D eigenvalue weighted by atomic mass is 19.3. The summed E-state index contributed by atoms with van der Waals surface area (Å²) < 4.78 is 66.0. The Kier molecular flexibility index (Phi) is 14.2. The number of likely N-dealkylation sites (tertiary alicyclic amines) is 2. The number of aromatic nitrogens is 4. The van der Waals surface area contributed by atoms with Gasteiger partial charge in [-0.05, 0) is 106 Å². The second-order valence-electron chi connectivity index (χ2n) is 20.0. The highest BCUT2D eigenvalue weighted by Crippen LogP contribution is 2.41. The number of H-pyrrole nitrogens is 2. The summed E-state index contributed by atoms with van der Waals surface area (Å²) in [6.45, 7) is 8.64. The Morgan fingerprint density at radius 3 is 1.56 bits per heavy atom. The van der Waals surface area contributed by atoms with E-state index in [0.29, 0.717) is 40.1 Å². The lowest BCUT2D eigenvalue weighted by molar-refractivity contribution is -0.136. The van der Waals surface area contributed by atoms with Gasteiger partial charge in [-0.1, -0.05) is 83.1 Å². The van der Waals surface area contributed by atoms with Gasteiger partial charge in [0.1, 0.15) is 23.7 Å². The molecule has 2 fully saturated rings. The molecule has 4 amide bonds. The van der Waals surface area contributed by atoms with Gasteiger partial charge in [0.05, 0.1) is 48.4 Å². The van der Waals surface area contributed by atoms with E-state index in [0.717, 1.165) is 57.3 Å². The number of nitrogens with one attached hydrogen (secondary N) is 4. The van der Waals surface area contributed by atoms with Crippen molar-refractivity contribution in [2.75, 3.05) is 27.3 Å². The first kappa shape index (κ1) is 50.4. The quantitative estimate of drug-likeness (QED) is 0.0981. The molecule has 382 valence electrons. The highest BCUT2D eigenvalue weighted by Gasteiger charge is 2.42. The fourth-order valence-corrected chi connectivity index (χ4v) is 10.5. The maximum absolute atomic E-state index is 14.1. The van der Waals surface area contributed by atoms with Gasteiger partial charge in [0.25, 0.3) is 12.2 Å². The predicted octanol–water partition coefficient (Wildman–Crippen LogP) is 10.8. The fourth-order valence-electron chi connectivity index (χ4n) is 10.5. The molecule has 0 saturated carbocycles. The molecule has 5 unspecified atom stereocenters. The molecular weight excluding hydrogens is 945 g/mol. The van der Waals surface area contributed by atoms with Crippen LogP contribution in [0.2, 0.25) is 0 Å². The zero-order valence-corrected chi connectivity index (χ0v) is 41.7. The van der Waals surface area contributed by atoms with Gasteiger partial charge in [-0.3, -0.25) is 9.59 Å². The van der Waals surface area contributed by atoms with E-state index in [1.807, 2.05) is 36.4 Å². The Morgan fingerprint density at radius 1 is 0.616 bits per heavy atom. The Bertz CT molecular complexity index is 3210. The number of aromatic amines is 2. The SMILES string of the molecule is COC(=O)NC(C(=O)N1CC(=C(F)F)CC1c1nc2ccc(-c3cc4ccc3CCc3ccc(c(-c5ccc6nc(C7CC(=C(F)F)CN7C(=O)C(NC(=O)OC)C(C)C)[nH]c6c5)c3)CC4C)cc2[nH]1)C(C)C. The van der Waals surface area contributed by atoms with Crippen molar-refractivity contribution in [3.63, 3.8) is 0 Å². The Balaban J connectivity index is 0.986. The normalized spacial score (nSPS) is 18.6. The summed E-state index contributed by atoms with van der Waals surface area (Å²) in [5, 5.41) is 5.13. The molecule has 6 aliphatic rings. The maximum Gasteiger partial charge on any atom is 0.407 e. The number of carbonyl (C=O) groups excluding carboxylic acids is 4. The van der Waals surface area contributed by atoms with E-state index in [4.69, 9.17) is 19.4 Å². The van der Waals surface area contributed by atoms with Gasteiger partial charge in [-0.2, -0.15) is 17.6 Å². The van der Waals surface area contributed by atoms with Crippen LogP contribution in [-0.2, 0) is 38.3 Å². The molecule has 4 heterocycles. The number of methoxy groups -OCH3 is 2. The zero-order chi connectivity index (χ0) is 52.0. The molecule has 14 nitrogen and oxygen atoms in total. The van der Waals surface area contributed by atoms with Crippen molar-refractivity contribution >= 4 is 46.1 Å². The average Bonchev–Trinajstić information content (AvgIpc) is 4.20. The topological polar surface area (TPSA) is 175 Å². The smallest absolute Gasteiger partial charge is 0.407 e. The third-order valence-electron chi connectivity index (χ3n) is 14.6. The maximum atomic E-state index is 14.1. The number of hydrogen-bond acceptors (Lipinski definition) is 8. The monoisotopic (exact) mass is 1000 g/mol. The minimum Gasteiger partial charge on any atom is -0.453 e. The standard InChI is InChI=1S/C55H58F4N8O6/c1-27(2)46(64-54(70)72-6)52(68)66-25-36(48(56)57)23-44(66)50-60-40-16-14-34(21-42(40)62-50)38-19-30-8-10-31-12-13-32(29(5)18-33(38)11-9-30)20-39(31)35-15-17-41-43(22-35)63-51(61-41)45-24-37(49(58)59)26-67(45)53(69)47(28(3)4)65-55(71)73-7/h9,11-17,19-22,27-29,44-47H,8,10,18,23-26H2,1-7H3,(H,60,62)(H,61,63)(H,64,70)(H,65,71). The van der Waals surface area contributed by atoms with Gasteiger partial charge in [0, 0.05) is 37.1 Å². The van der Waals surface area contributed by atoms with Gasteiger partial charge in [-0.15, -0.1) is 0 Å². The number of amides is 4. The minimum atomic E-state index is -1.84. The van der Waals surface area contributed by atoms with Gasteiger partial charge < -0.3 is 39.9 Å². The molecule has 4 aromatic carbocycles. The molecule has 0 radical (unpaired) electrons. The summed E-state index contributed by atoms with van der Waals surface area (Å²) in [6.07, 6.45) is -3.33. The average molecular weight is 1000 g/mol. The molecule has 4 N–H and O–H groups in total. The lowest BCUT2D eigenvalue weighted by Gasteiger charge is -2.29. The number of aryl methyl sites for hydroxylation is 2. The number of hydrogen-bond donors (Lipinski definition) is 4. The lowest BCUT2D eigenvalue weighted by atomic mass is 9.84. The van der Waals surface area contributed by atoms with Crippen molar-refractivity contribution in [3.05, 3.63) is 130 Å². The Hall–Kier alpha value is -7.50. The second kappa shape index (κ2) is 20.5. The third kappa shape index (κ3) is 10.2. The highest BCUT2D eigenvalue weighted by molar-refractivity contribution is 5.89. The first-order valence-corrected chi connectivity index (χ1v) is 24.5. The van der Waals surface area contributed by atoms with Crippen LogP contribution in [0, 0.1) is 11.8 Å². The van der Waals surface area contributed by atoms with E-state index in [1.54, 1.807) is 27.7 Å². The molecule has 5 atom stereocenters. The number of rotatable bonds is 10. The molecule has 6 aromatic rings. The van der Waals surface area contributed by atoms with Crippen LogP contribution < -0.4 is 10.6 Å². The summed E-state index contributed by atoms with van der Waals surface area (Å²) in [7, 11) is 2.39. The first-order valence-electron chi connectivity index (χ1n) is 24.5. The van der Waals surface area contributed by atoms with Crippen molar-refractivity contribution in [1.29, 1.82) is 0 Å². The van der Waals surface area contributed by atoms with Crippen molar-refractivity contribution < 1.29 is 46.2 Å². The van der Waals surface area contributed by atoms with Crippen molar-refractivity contribution in [1.82, 2.24) is 40.4 Å². The van der Waals surface area contributed by atoms with Crippen LogP contribution >= 0.6 is 0 Å². The van der Waals surface area contributed by atoms with Gasteiger partial charge in [0.2, 0.25) is 11.8 Å². The van der Waals surface area contributed by atoms with Crippen LogP contribution in [0.15, 0.2) is 96.1 Å². The second-order valence-corrected chi connectivity index (χ2v) is 20.0. The number of carbonyl (C=O) groups is 4. The number of alkyl carbamates (subject to hydrolysis) is 2. The number of fused-ring (bicyclic) bond motifs is 2. The van der Waals surface area contributed by atoms with E-state index in [1.165, 1.54) is 24.0 Å². The molecule has 2 saturated heterocycles. The molecule has 4 aliphatic carbocycles. The number of imidazole rings is 2. The molecule has 18 heteroatoms. The summed E-state index contributed by atoms with van der Waals surface area (Å²) >= 11 is 0. The number of benzene rings is 4. The minimum absolute atomic E-state index is 0.0848. The number of ether oxygens (including phenoxy) is 2. The molecule has 73 heavy (non-hydrogen) atoms. The number of halogens is 4. The number of nitrogens with zero attached hydrogens (tertiary/aromatic N) is 4. The van der Waals surface area contributed by atoms with Gasteiger partial charge >= 0.3 is 12.2 Å². The van der Waals surface area contributed by atoms with E-state index in [-0.39, 0.29) is 54.8 Å². The van der Waals surface area contributed by atoms with Crippen LogP contribution in [0.4, 0.5) is 27.2 Å². The Labute approximate surface area is 419 Å². The predicted molar refractivity (Wildman–Crippen MR) is 268 cm³/mol. The Morgan fingerprint density at radius 2 is 1.10 bits per heavy atom. The van der Waals surface area contributed by atoms with Gasteiger partial charge in [0.15, 0.2) is 0 Å². The fraction of sp³-hybridized carbons (Fsp3) is 0.382. The molecule has 12 rings (SSSR count). The van der Waals surface area contributed by atoms with E-state index >= 15 is 0 Å². The molecule has 2 aliphatic heterocycles. The van der Waals surface area contributed by atoms with Crippen LogP contribution in [0.1, 0.15) is 99.4 Å². The first-order chi connectivity index (χ1) is 34.9. The van der Waals surface area contributed by atoms with Crippen molar-refractivity contribution in [3.8, 4) is 22.3 Å². The third-order valence-corrected chi connectivity index (χ3v) is 14.6. The van der Waals surface area contributed by atoms with E-state index in [9.17, 15) is 36.7 Å². The van der Waals surface area contributed by atoms with Crippen molar-refractivity contribution in [2.45, 2.75) is 96.8 Å². The summed E-state index contributed by atoms with van der Waals surface area (Å²) in [6, 6.07) is 21.4. The van der Waals surface area contributed by atoms with Crippen molar-refractivity contribution in [2.24, 2.45) is 11.8 Å². The summed E-state index contributed by atoms with van der Waals surface area (Å²) in [4.78, 5) is 71.3. The molecule has 0 spiro atoms. The van der Waals surface area contributed by atoms with Crippen LogP contribution in [0.5, 0.6) is 0 Å². The molecule has 2 aromatic heterocycles. The van der Waals surface area contributed by atoms with Gasteiger partial charge in [-0.25, -0.2) is 19.6 Å². The van der Waals surface area contributed by atoms with E-state index in [2.05, 4.69) is 63.9 Å².